The molecule has 0 spiro atoms. The Morgan fingerprint density at radius 1 is 1.35 bits per heavy atom. The fourth-order valence-electron chi connectivity index (χ4n) is 2.79. The zero-order chi connectivity index (χ0) is 16.2. The second-order valence-electron chi connectivity index (χ2n) is 5.76. The molecule has 1 saturated heterocycles. The number of aryl methyl sites for hydroxylation is 1. The van der Waals surface area contributed by atoms with Crippen molar-refractivity contribution in [2.75, 3.05) is 39.5 Å². The van der Waals surface area contributed by atoms with E-state index in [1.807, 2.05) is 19.1 Å². The summed E-state index contributed by atoms with van der Waals surface area (Å²) in [6, 6.07) is 6.83. The fraction of sp³-hybridized carbons (Fsp3) is 0.471. The van der Waals surface area contributed by atoms with Crippen molar-refractivity contribution in [1.29, 1.82) is 0 Å². The number of ether oxygens (including phenoxy) is 2. The molecular weight excluding hydrogens is 298 g/mol. The van der Waals surface area contributed by atoms with Crippen molar-refractivity contribution >= 4 is 11.0 Å². The Bertz CT molecular complexity index is 720. The standard InChI is InChI=1S/C17H21NO5/c1-12-3-2-4-14-17(12)15(9-16(20)23-14)22-11-13(19)10-18-5-7-21-8-6-18/h2-4,9,13,19H,5-8,10-11H2,1H3. The monoisotopic (exact) mass is 319 g/mol. The lowest BCUT2D eigenvalue weighted by molar-refractivity contribution is 0.00475. The molecule has 1 unspecified atom stereocenters. The molecule has 0 amide bonds. The van der Waals surface area contributed by atoms with E-state index in [0.29, 0.717) is 31.1 Å². The maximum Gasteiger partial charge on any atom is 0.339 e. The Balaban J connectivity index is 1.70. The van der Waals surface area contributed by atoms with Crippen molar-refractivity contribution in [1.82, 2.24) is 4.90 Å². The number of nitrogens with zero attached hydrogens (tertiary/aromatic N) is 1. The van der Waals surface area contributed by atoms with E-state index < -0.39 is 11.7 Å². The van der Waals surface area contributed by atoms with Gasteiger partial charge < -0.3 is 19.0 Å². The van der Waals surface area contributed by atoms with E-state index in [-0.39, 0.29) is 6.61 Å². The van der Waals surface area contributed by atoms with Crippen molar-refractivity contribution in [3.8, 4) is 5.75 Å². The van der Waals surface area contributed by atoms with Crippen molar-refractivity contribution in [3.63, 3.8) is 0 Å². The number of aliphatic hydroxyl groups excluding tert-OH is 1. The summed E-state index contributed by atoms with van der Waals surface area (Å²) < 4.78 is 16.2. The Morgan fingerprint density at radius 2 is 2.13 bits per heavy atom. The summed E-state index contributed by atoms with van der Waals surface area (Å²) in [5, 5.41) is 10.9. The Kier molecular flexibility index (Phi) is 4.95. The Labute approximate surface area is 134 Å². The van der Waals surface area contributed by atoms with Gasteiger partial charge in [0.2, 0.25) is 0 Å². The first-order valence-corrected chi connectivity index (χ1v) is 7.78. The molecule has 1 aromatic heterocycles. The highest BCUT2D eigenvalue weighted by molar-refractivity contribution is 5.86. The smallest absolute Gasteiger partial charge is 0.339 e. The molecule has 1 aliphatic rings. The van der Waals surface area contributed by atoms with Crippen LogP contribution in [0, 0.1) is 6.92 Å². The highest BCUT2D eigenvalue weighted by Gasteiger charge is 2.16. The van der Waals surface area contributed by atoms with Gasteiger partial charge in [0.15, 0.2) is 0 Å². The second kappa shape index (κ2) is 7.12. The third-order valence-corrected chi connectivity index (χ3v) is 3.94. The first-order valence-electron chi connectivity index (χ1n) is 7.78. The summed E-state index contributed by atoms with van der Waals surface area (Å²) in [5.41, 5.74) is 1.000. The van der Waals surface area contributed by atoms with Crippen LogP contribution in [0.3, 0.4) is 0 Å². The van der Waals surface area contributed by atoms with Crippen molar-refractivity contribution < 1.29 is 19.0 Å². The van der Waals surface area contributed by atoms with Crippen LogP contribution in [0.25, 0.3) is 11.0 Å². The number of morpholine rings is 1. The van der Waals surface area contributed by atoms with E-state index in [0.717, 1.165) is 24.0 Å². The van der Waals surface area contributed by atoms with Crippen LogP contribution in [0.1, 0.15) is 5.56 Å². The van der Waals surface area contributed by atoms with E-state index in [9.17, 15) is 9.90 Å². The molecule has 2 heterocycles. The van der Waals surface area contributed by atoms with Gasteiger partial charge in [-0.05, 0) is 18.6 Å². The Hall–Kier alpha value is -1.89. The lowest BCUT2D eigenvalue weighted by Crippen LogP contribution is -2.42. The van der Waals surface area contributed by atoms with Crippen molar-refractivity contribution in [2.24, 2.45) is 0 Å². The third-order valence-electron chi connectivity index (χ3n) is 3.94. The van der Waals surface area contributed by atoms with Crippen LogP contribution >= 0.6 is 0 Å². The van der Waals surface area contributed by atoms with Gasteiger partial charge in [-0.25, -0.2) is 4.79 Å². The summed E-state index contributed by atoms with van der Waals surface area (Å²) in [6.45, 7) is 5.60. The molecule has 0 radical (unpaired) electrons. The molecule has 1 aliphatic heterocycles. The highest BCUT2D eigenvalue weighted by Crippen LogP contribution is 2.27. The molecule has 23 heavy (non-hydrogen) atoms. The summed E-state index contributed by atoms with van der Waals surface area (Å²) in [7, 11) is 0. The van der Waals surface area contributed by atoms with Crippen LogP contribution < -0.4 is 10.4 Å². The van der Waals surface area contributed by atoms with Crippen LogP contribution in [-0.2, 0) is 4.74 Å². The van der Waals surface area contributed by atoms with Crippen molar-refractivity contribution in [2.45, 2.75) is 13.0 Å². The maximum atomic E-state index is 11.6. The minimum absolute atomic E-state index is 0.129. The van der Waals surface area contributed by atoms with Gasteiger partial charge in [-0.15, -0.1) is 0 Å². The quantitative estimate of drug-likeness (QED) is 0.834. The van der Waals surface area contributed by atoms with Gasteiger partial charge in [0.05, 0.1) is 24.7 Å². The van der Waals surface area contributed by atoms with Gasteiger partial charge in [-0.1, -0.05) is 12.1 Å². The topological polar surface area (TPSA) is 72.1 Å². The van der Waals surface area contributed by atoms with Gasteiger partial charge >= 0.3 is 5.63 Å². The van der Waals surface area contributed by atoms with Crippen LogP contribution in [0.2, 0.25) is 0 Å². The van der Waals surface area contributed by atoms with E-state index in [1.165, 1.54) is 6.07 Å². The molecule has 1 atom stereocenters. The van der Waals surface area contributed by atoms with Crippen LogP contribution in [0.4, 0.5) is 0 Å². The molecule has 1 N–H and O–H groups in total. The largest absolute Gasteiger partial charge is 0.490 e. The summed E-state index contributed by atoms with van der Waals surface area (Å²) in [6.07, 6.45) is -0.626. The first-order chi connectivity index (χ1) is 11.1. The average molecular weight is 319 g/mol. The van der Waals surface area contributed by atoms with Crippen LogP contribution in [0.15, 0.2) is 33.5 Å². The van der Waals surface area contributed by atoms with Crippen molar-refractivity contribution in [3.05, 3.63) is 40.2 Å². The minimum Gasteiger partial charge on any atom is -0.490 e. The van der Waals surface area contributed by atoms with Gasteiger partial charge in [0.1, 0.15) is 24.0 Å². The summed E-state index contributed by atoms with van der Waals surface area (Å²) in [5.74, 6) is 0.454. The van der Waals surface area contributed by atoms with Crippen LogP contribution in [0.5, 0.6) is 5.75 Å². The van der Waals surface area contributed by atoms with Gasteiger partial charge in [0.25, 0.3) is 0 Å². The lowest BCUT2D eigenvalue weighted by atomic mass is 10.1. The number of hydrogen-bond acceptors (Lipinski definition) is 6. The average Bonchev–Trinajstić information content (AvgIpc) is 2.53. The van der Waals surface area contributed by atoms with E-state index >= 15 is 0 Å². The predicted octanol–water partition coefficient (Wildman–Crippen LogP) is 1.17. The van der Waals surface area contributed by atoms with E-state index in [2.05, 4.69) is 4.90 Å². The number of hydrogen-bond donors (Lipinski definition) is 1. The normalized spacial score (nSPS) is 17.3. The molecule has 6 heteroatoms. The lowest BCUT2D eigenvalue weighted by Gasteiger charge is -2.28. The van der Waals surface area contributed by atoms with Crippen LogP contribution in [-0.4, -0.2) is 55.6 Å². The number of rotatable bonds is 5. The molecule has 0 bridgehead atoms. The number of aliphatic hydroxyl groups is 1. The molecule has 0 saturated carbocycles. The Morgan fingerprint density at radius 3 is 2.91 bits per heavy atom. The highest BCUT2D eigenvalue weighted by atomic mass is 16.5. The minimum atomic E-state index is -0.626. The molecule has 2 aromatic rings. The first kappa shape index (κ1) is 16.0. The molecule has 124 valence electrons. The van der Waals surface area contributed by atoms with Gasteiger partial charge in [-0.3, -0.25) is 4.90 Å². The number of fused-ring (bicyclic) bond motifs is 1. The van der Waals surface area contributed by atoms with Gasteiger partial charge in [0, 0.05) is 19.6 Å². The molecule has 1 aromatic carbocycles. The molecule has 1 fully saturated rings. The third kappa shape index (κ3) is 3.90. The van der Waals surface area contributed by atoms with E-state index in [4.69, 9.17) is 13.9 Å². The zero-order valence-corrected chi connectivity index (χ0v) is 13.2. The zero-order valence-electron chi connectivity index (χ0n) is 13.2. The summed E-state index contributed by atoms with van der Waals surface area (Å²) >= 11 is 0. The summed E-state index contributed by atoms with van der Waals surface area (Å²) in [4.78, 5) is 13.8. The maximum absolute atomic E-state index is 11.6. The molecule has 3 rings (SSSR count). The number of β-amino-alcohol motifs (C(OH)–C–C–N with tert-alkyl or cyclic N) is 1. The molecular formula is C17H21NO5. The van der Waals surface area contributed by atoms with Gasteiger partial charge in [-0.2, -0.15) is 0 Å². The van der Waals surface area contributed by atoms with E-state index in [1.54, 1.807) is 6.07 Å². The molecule has 0 aliphatic carbocycles. The predicted molar refractivity (Wildman–Crippen MR) is 86.0 cm³/mol. The second-order valence-corrected chi connectivity index (χ2v) is 5.76. The number of benzene rings is 1. The fourth-order valence-corrected chi connectivity index (χ4v) is 2.79. The molecule has 6 nitrogen and oxygen atoms in total. The SMILES string of the molecule is Cc1cccc2oc(=O)cc(OCC(O)CN3CCOCC3)c12.